The first-order valence-electron chi connectivity index (χ1n) is 5.02. The predicted molar refractivity (Wildman–Crippen MR) is 56.6 cm³/mol. The standard InChI is InChI=1S/C11H17NO3/c1-7(2)9(6-13)12-11(14)10-8(3)4-5-15-10/h4-5,7,9,13H,6H2,1-3H3,(H,12,14)/t9-/m1/s1. The normalized spacial score (nSPS) is 12.9. The van der Waals surface area contributed by atoms with E-state index >= 15 is 0 Å². The van der Waals surface area contributed by atoms with Crippen molar-refractivity contribution < 1.29 is 14.3 Å². The Morgan fingerprint density at radius 2 is 2.27 bits per heavy atom. The van der Waals surface area contributed by atoms with Crippen LogP contribution in [-0.2, 0) is 0 Å². The molecular weight excluding hydrogens is 194 g/mol. The second-order valence-corrected chi connectivity index (χ2v) is 3.94. The van der Waals surface area contributed by atoms with Crippen LogP contribution in [0.25, 0.3) is 0 Å². The van der Waals surface area contributed by atoms with E-state index in [0.29, 0.717) is 5.76 Å². The highest BCUT2D eigenvalue weighted by Gasteiger charge is 2.19. The van der Waals surface area contributed by atoms with Crippen LogP contribution in [0.1, 0.15) is 30.0 Å². The molecule has 0 aliphatic rings. The van der Waals surface area contributed by atoms with Gasteiger partial charge in [0.1, 0.15) is 0 Å². The summed E-state index contributed by atoms with van der Waals surface area (Å²) in [4.78, 5) is 11.7. The lowest BCUT2D eigenvalue weighted by Gasteiger charge is -2.19. The average Bonchev–Trinajstić information content (AvgIpc) is 2.60. The highest BCUT2D eigenvalue weighted by Crippen LogP contribution is 2.09. The fraction of sp³-hybridized carbons (Fsp3) is 0.545. The van der Waals surface area contributed by atoms with Crippen molar-refractivity contribution in [1.29, 1.82) is 0 Å². The van der Waals surface area contributed by atoms with Gasteiger partial charge in [-0.1, -0.05) is 13.8 Å². The van der Waals surface area contributed by atoms with E-state index in [1.54, 1.807) is 6.07 Å². The van der Waals surface area contributed by atoms with E-state index < -0.39 is 0 Å². The summed E-state index contributed by atoms with van der Waals surface area (Å²) in [7, 11) is 0. The number of carbonyl (C=O) groups is 1. The van der Waals surface area contributed by atoms with Crippen LogP contribution in [0.3, 0.4) is 0 Å². The number of aliphatic hydroxyl groups is 1. The Balaban J connectivity index is 2.67. The monoisotopic (exact) mass is 211 g/mol. The van der Waals surface area contributed by atoms with Crippen molar-refractivity contribution in [2.45, 2.75) is 26.8 Å². The number of aryl methyl sites for hydroxylation is 1. The van der Waals surface area contributed by atoms with Crippen LogP contribution in [0, 0.1) is 12.8 Å². The molecule has 2 N–H and O–H groups in total. The summed E-state index contributed by atoms with van der Waals surface area (Å²) in [6, 6.07) is 1.50. The summed E-state index contributed by atoms with van der Waals surface area (Å²) in [5, 5.41) is 11.8. The van der Waals surface area contributed by atoms with E-state index in [0.717, 1.165) is 5.56 Å². The number of carbonyl (C=O) groups excluding carboxylic acids is 1. The number of hydrogen-bond donors (Lipinski definition) is 2. The SMILES string of the molecule is Cc1ccoc1C(=O)N[C@H](CO)C(C)C. The number of hydrogen-bond acceptors (Lipinski definition) is 3. The van der Waals surface area contributed by atoms with E-state index in [1.165, 1.54) is 6.26 Å². The second kappa shape index (κ2) is 4.98. The zero-order valence-electron chi connectivity index (χ0n) is 9.28. The lowest BCUT2D eigenvalue weighted by Crippen LogP contribution is -2.41. The van der Waals surface area contributed by atoms with Crippen LogP contribution in [0.2, 0.25) is 0 Å². The molecule has 4 heteroatoms. The van der Waals surface area contributed by atoms with E-state index in [2.05, 4.69) is 5.32 Å². The van der Waals surface area contributed by atoms with Gasteiger partial charge in [0.25, 0.3) is 5.91 Å². The summed E-state index contributed by atoms with van der Waals surface area (Å²) in [6.07, 6.45) is 1.48. The summed E-state index contributed by atoms with van der Waals surface area (Å²) < 4.78 is 5.06. The van der Waals surface area contributed by atoms with Gasteiger partial charge in [-0.25, -0.2) is 0 Å². The molecule has 0 radical (unpaired) electrons. The van der Waals surface area contributed by atoms with Gasteiger partial charge in [-0.15, -0.1) is 0 Å². The Hall–Kier alpha value is -1.29. The lowest BCUT2D eigenvalue weighted by atomic mass is 10.1. The van der Waals surface area contributed by atoms with Gasteiger partial charge in [-0.05, 0) is 18.9 Å². The molecule has 0 aromatic carbocycles. The molecule has 0 saturated carbocycles. The van der Waals surface area contributed by atoms with Crippen LogP contribution >= 0.6 is 0 Å². The van der Waals surface area contributed by atoms with E-state index in [1.807, 2.05) is 20.8 Å². The maximum atomic E-state index is 11.7. The van der Waals surface area contributed by atoms with Gasteiger partial charge >= 0.3 is 0 Å². The van der Waals surface area contributed by atoms with Crippen molar-refractivity contribution in [2.24, 2.45) is 5.92 Å². The summed E-state index contributed by atoms with van der Waals surface area (Å²) in [5.41, 5.74) is 0.799. The van der Waals surface area contributed by atoms with Crippen molar-refractivity contribution in [3.63, 3.8) is 0 Å². The van der Waals surface area contributed by atoms with Crippen molar-refractivity contribution in [1.82, 2.24) is 5.32 Å². The third kappa shape index (κ3) is 2.83. The maximum Gasteiger partial charge on any atom is 0.287 e. The predicted octanol–water partition coefficient (Wildman–Crippen LogP) is 1.33. The minimum atomic E-state index is -0.273. The number of furan rings is 1. The first-order chi connectivity index (χ1) is 7.06. The van der Waals surface area contributed by atoms with Crippen LogP contribution in [0.15, 0.2) is 16.7 Å². The van der Waals surface area contributed by atoms with E-state index in [9.17, 15) is 4.79 Å². The first kappa shape index (κ1) is 11.8. The van der Waals surface area contributed by atoms with Gasteiger partial charge < -0.3 is 14.8 Å². The van der Waals surface area contributed by atoms with Crippen molar-refractivity contribution in [2.75, 3.05) is 6.61 Å². The fourth-order valence-electron chi connectivity index (χ4n) is 1.26. The molecule has 0 saturated heterocycles. The molecule has 1 aromatic heterocycles. The molecule has 15 heavy (non-hydrogen) atoms. The highest BCUT2D eigenvalue weighted by molar-refractivity contribution is 5.92. The largest absolute Gasteiger partial charge is 0.459 e. The Labute approximate surface area is 89.3 Å². The second-order valence-electron chi connectivity index (χ2n) is 3.94. The first-order valence-corrected chi connectivity index (χ1v) is 5.02. The average molecular weight is 211 g/mol. The molecule has 1 aromatic rings. The van der Waals surface area contributed by atoms with Gasteiger partial charge in [-0.3, -0.25) is 4.79 Å². The molecule has 0 unspecified atom stereocenters. The van der Waals surface area contributed by atoms with Gasteiger partial charge in [0.15, 0.2) is 5.76 Å². The Kier molecular flexibility index (Phi) is 3.91. The Morgan fingerprint density at radius 1 is 1.60 bits per heavy atom. The zero-order chi connectivity index (χ0) is 11.4. The van der Waals surface area contributed by atoms with Crippen molar-refractivity contribution >= 4 is 5.91 Å². The minimum Gasteiger partial charge on any atom is -0.459 e. The molecule has 0 aliphatic carbocycles. The maximum absolute atomic E-state index is 11.7. The summed E-state index contributed by atoms with van der Waals surface area (Å²) >= 11 is 0. The molecule has 4 nitrogen and oxygen atoms in total. The number of nitrogens with one attached hydrogen (secondary N) is 1. The number of rotatable bonds is 4. The van der Waals surface area contributed by atoms with Crippen LogP contribution in [-0.4, -0.2) is 23.7 Å². The van der Waals surface area contributed by atoms with Crippen molar-refractivity contribution in [3.05, 3.63) is 23.7 Å². The van der Waals surface area contributed by atoms with Gasteiger partial charge in [0.2, 0.25) is 0 Å². The topological polar surface area (TPSA) is 62.5 Å². The van der Waals surface area contributed by atoms with E-state index in [4.69, 9.17) is 9.52 Å². The Morgan fingerprint density at radius 3 is 2.67 bits per heavy atom. The fourth-order valence-corrected chi connectivity index (χ4v) is 1.26. The van der Waals surface area contributed by atoms with Gasteiger partial charge in [-0.2, -0.15) is 0 Å². The number of amides is 1. The Bertz CT molecular complexity index is 330. The molecule has 0 spiro atoms. The molecule has 1 amide bonds. The highest BCUT2D eigenvalue weighted by atomic mass is 16.3. The van der Waals surface area contributed by atoms with E-state index in [-0.39, 0.29) is 24.5 Å². The molecule has 1 heterocycles. The molecule has 1 atom stereocenters. The third-order valence-corrected chi connectivity index (χ3v) is 2.39. The summed E-state index contributed by atoms with van der Waals surface area (Å²) in [5.74, 6) is 0.230. The molecular formula is C11H17NO3. The van der Waals surface area contributed by atoms with Crippen LogP contribution in [0.4, 0.5) is 0 Å². The molecule has 0 fully saturated rings. The quantitative estimate of drug-likeness (QED) is 0.789. The van der Waals surface area contributed by atoms with Crippen molar-refractivity contribution in [3.8, 4) is 0 Å². The zero-order valence-corrected chi connectivity index (χ0v) is 9.28. The van der Waals surface area contributed by atoms with Gasteiger partial charge in [0, 0.05) is 5.56 Å². The molecule has 1 rings (SSSR count). The van der Waals surface area contributed by atoms with Gasteiger partial charge in [0.05, 0.1) is 18.9 Å². The smallest absolute Gasteiger partial charge is 0.287 e. The summed E-state index contributed by atoms with van der Waals surface area (Å²) in [6.45, 7) is 5.62. The lowest BCUT2D eigenvalue weighted by molar-refractivity contribution is 0.0868. The molecule has 84 valence electrons. The molecule has 0 bridgehead atoms. The number of aliphatic hydroxyl groups excluding tert-OH is 1. The third-order valence-electron chi connectivity index (χ3n) is 2.39. The minimum absolute atomic E-state index is 0.0663. The molecule has 0 aliphatic heterocycles. The van der Waals surface area contributed by atoms with Crippen LogP contribution in [0.5, 0.6) is 0 Å². The van der Waals surface area contributed by atoms with Crippen LogP contribution < -0.4 is 5.32 Å².